The Bertz CT molecular complexity index is 420. The van der Waals surface area contributed by atoms with Crippen LogP contribution in [0.2, 0.25) is 0 Å². The van der Waals surface area contributed by atoms with Crippen molar-refractivity contribution in [3.63, 3.8) is 0 Å². The molecule has 1 rings (SSSR count). The maximum Gasteiger partial charge on any atom is 0.306 e. The summed E-state index contributed by atoms with van der Waals surface area (Å²) in [6.45, 7) is 2.86. The number of aliphatic hydroxyl groups is 1. The summed E-state index contributed by atoms with van der Waals surface area (Å²) in [6.07, 6.45) is -0.185. The lowest BCUT2D eigenvalue weighted by Gasteiger charge is -2.13. The van der Waals surface area contributed by atoms with Gasteiger partial charge in [-0.3, -0.25) is 4.79 Å². The molecule has 0 spiro atoms. The largest absolute Gasteiger partial charge is 0.496 e. The van der Waals surface area contributed by atoms with Crippen molar-refractivity contribution in [1.82, 2.24) is 5.32 Å². The van der Waals surface area contributed by atoms with Crippen molar-refractivity contribution in [2.24, 2.45) is 0 Å². The van der Waals surface area contributed by atoms with Crippen LogP contribution in [0, 0.1) is 0 Å². The van der Waals surface area contributed by atoms with Crippen LogP contribution < -0.4 is 10.1 Å². The Morgan fingerprint density at radius 3 is 2.79 bits per heavy atom. The Labute approximate surface area is 113 Å². The number of carbonyl (C=O) groups is 1. The number of rotatable bonds is 8. The molecule has 0 fully saturated rings. The monoisotopic (exact) mass is 267 g/mol. The topological polar surface area (TPSA) is 78.8 Å². The van der Waals surface area contributed by atoms with Crippen LogP contribution >= 0.6 is 0 Å². The van der Waals surface area contributed by atoms with Gasteiger partial charge in [0.1, 0.15) is 5.75 Å². The molecule has 1 aromatic rings. The predicted molar refractivity (Wildman–Crippen MR) is 72.3 cm³/mol. The zero-order valence-electron chi connectivity index (χ0n) is 11.3. The smallest absolute Gasteiger partial charge is 0.306 e. The summed E-state index contributed by atoms with van der Waals surface area (Å²) in [7, 11) is 1.61. The summed E-state index contributed by atoms with van der Waals surface area (Å²) in [5.41, 5.74) is 2.22. The SMILES string of the molecule is CCc1ccc(OC)c(CNCC(O)CC(=O)O)c1. The number of carboxylic acid groups (broad SMARTS) is 1. The van der Waals surface area contributed by atoms with Crippen LogP contribution in [0.1, 0.15) is 24.5 Å². The average molecular weight is 267 g/mol. The second kappa shape index (κ2) is 7.76. The van der Waals surface area contributed by atoms with Crippen LogP contribution in [-0.2, 0) is 17.8 Å². The first-order chi connectivity index (χ1) is 9.06. The molecule has 1 unspecified atom stereocenters. The maximum atomic E-state index is 10.4. The number of carboxylic acids is 1. The molecule has 0 saturated carbocycles. The normalized spacial score (nSPS) is 12.2. The predicted octanol–water partition coefficient (Wildman–Crippen LogP) is 1.18. The van der Waals surface area contributed by atoms with E-state index in [4.69, 9.17) is 9.84 Å². The molecular formula is C14H21NO4. The average Bonchev–Trinajstić information content (AvgIpc) is 2.37. The van der Waals surface area contributed by atoms with E-state index in [9.17, 15) is 9.90 Å². The minimum atomic E-state index is -1.00. The number of methoxy groups -OCH3 is 1. The van der Waals surface area contributed by atoms with Gasteiger partial charge in [-0.05, 0) is 18.1 Å². The van der Waals surface area contributed by atoms with E-state index in [2.05, 4.69) is 18.3 Å². The summed E-state index contributed by atoms with van der Waals surface area (Å²) in [4.78, 5) is 10.4. The number of aryl methyl sites for hydroxylation is 1. The molecule has 5 nitrogen and oxygen atoms in total. The van der Waals surface area contributed by atoms with E-state index in [1.54, 1.807) is 7.11 Å². The zero-order chi connectivity index (χ0) is 14.3. The molecule has 0 aromatic heterocycles. The van der Waals surface area contributed by atoms with E-state index >= 15 is 0 Å². The van der Waals surface area contributed by atoms with E-state index in [1.807, 2.05) is 12.1 Å². The highest BCUT2D eigenvalue weighted by Crippen LogP contribution is 2.20. The van der Waals surface area contributed by atoms with Crippen LogP contribution in [0.4, 0.5) is 0 Å². The van der Waals surface area contributed by atoms with Crippen LogP contribution in [0.5, 0.6) is 5.75 Å². The molecule has 1 atom stereocenters. The molecular weight excluding hydrogens is 246 g/mol. The van der Waals surface area contributed by atoms with Crippen molar-refractivity contribution in [2.75, 3.05) is 13.7 Å². The Hall–Kier alpha value is -1.59. The van der Waals surface area contributed by atoms with Gasteiger partial charge in [0.25, 0.3) is 0 Å². The molecule has 3 N–H and O–H groups in total. The fourth-order valence-electron chi connectivity index (χ4n) is 1.84. The number of nitrogens with one attached hydrogen (secondary N) is 1. The van der Waals surface area contributed by atoms with E-state index < -0.39 is 12.1 Å². The van der Waals surface area contributed by atoms with Crippen LogP contribution in [-0.4, -0.2) is 35.9 Å². The number of benzene rings is 1. The molecule has 0 heterocycles. The highest BCUT2D eigenvalue weighted by atomic mass is 16.5. The van der Waals surface area contributed by atoms with E-state index in [-0.39, 0.29) is 13.0 Å². The maximum absolute atomic E-state index is 10.4. The van der Waals surface area contributed by atoms with Gasteiger partial charge in [-0.25, -0.2) is 0 Å². The van der Waals surface area contributed by atoms with Gasteiger partial charge in [0, 0.05) is 18.7 Å². The van der Waals surface area contributed by atoms with Gasteiger partial charge in [-0.1, -0.05) is 19.1 Å². The first-order valence-corrected chi connectivity index (χ1v) is 6.33. The van der Waals surface area contributed by atoms with Gasteiger partial charge in [0.15, 0.2) is 0 Å². The zero-order valence-corrected chi connectivity index (χ0v) is 11.3. The highest BCUT2D eigenvalue weighted by Gasteiger charge is 2.09. The summed E-state index contributed by atoms with van der Waals surface area (Å²) in [5, 5.41) is 21.0. The molecule has 0 bridgehead atoms. The molecule has 0 aliphatic rings. The van der Waals surface area contributed by atoms with Crippen LogP contribution in [0.25, 0.3) is 0 Å². The van der Waals surface area contributed by atoms with Crippen molar-refractivity contribution in [1.29, 1.82) is 0 Å². The number of hydrogen-bond acceptors (Lipinski definition) is 4. The van der Waals surface area contributed by atoms with E-state index in [0.29, 0.717) is 6.54 Å². The lowest BCUT2D eigenvalue weighted by atomic mass is 10.1. The van der Waals surface area contributed by atoms with Gasteiger partial charge in [-0.15, -0.1) is 0 Å². The molecule has 0 saturated heterocycles. The Balaban J connectivity index is 2.54. The number of aliphatic hydroxyl groups excluding tert-OH is 1. The third-order valence-electron chi connectivity index (χ3n) is 2.86. The molecule has 0 radical (unpaired) electrons. The minimum Gasteiger partial charge on any atom is -0.496 e. The van der Waals surface area contributed by atoms with Gasteiger partial charge >= 0.3 is 5.97 Å². The summed E-state index contributed by atoms with van der Waals surface area (Å²) in [5.74, 6) is -0.211. The standard InChI is InChI=1S/C14H21NO4/c1-3-10-4-5-13(19-2)11(6-10)8-15-9-12(16)7-14(17)18/h4-6,12,15-16H,3,7-9H2,1-2H3,(H,17,18). The minimum absolute atomic E-state index is 0.242. The molecule has 0 aliphatic carbocycles. The lowest BCUT2D eigenvalue weighted by Crippen LogP contribution is -2.28. The number of hydrogen-bond donors (Lipinski definition) is 3. The first-order valence-electron chi connectivity index (χ1n) is 6.33. The van der Waals surface area contributed by atoms with Crippen molar-refractivity contribution < 1.29 is 19.7 Å². The molecule has 0 amide bonds. The van der Waals surface area contributed by atoms with Gasteiger partial charge in [0.05, 0.1) is 19.6 Å². The molecule has 5 heteroatoms. The van der Waals surface area contributed by atoms with Crippen molar-refractivity contribution in [3.8, 4) is 5.75 Å². The fraction of sp³-hybridized carbons (Fsp3) is 0.500. The lowest BCUT2D eigenvalue weighted by molar-refractivity contribution is -0.139. The van der Waals surface area contributed by atoms with Crippen molar-refractivity contribution in [2.45, 2.75) is 32.4 Å². The fourth-order valence-corrected chi connectivity index (χ4v) is 1.84. The second-order valence-electron chi connectivity index (χ2n) is 4.38. The Morgan fingerprint density at radius 2 is 2.21 bits per heavy atom. The van der Waals surface area contributed by atoms with Gasteiger partial charge < -0.3 is 20.3 Å². The molecule has 0 aliphatic heterocycles. The van der Waals surface area contributed by atoms with E-state index in [0.717, 1.165) is 17.7 Å². The number of aliphatic carboxylic acids is 1. The van der Waals surface area contributed by atoms with Crippen LogP contribution in [0.3, 0.4) is 0 Å². The summed E-state index contributed by atoms with van der Waals surface area (Å²) >= 11 is 0. The van der Waals surface area contributed by atoms with Crippen LogP contribution in [0.15, 0.2) is 18.2 Å². The van der Waals surface area contributed by atoms with Crippen molar-refractivity contribution >= 4 is 5.97 Å². The highest BCUT2D eigenvalue weighted by molar-refractivity contribution is 5.67. The quantitative estimate of drug-likeness (QED) is 0.659. The second-order valence-corrected chi connectivity index (χ2v) is 4.38. The molecule has 1 aromatic carbocycles. The molecule has 106 valence electrons. The Kier molecular flexibility index (Phi) is 6.32. The number of ether oxygens (including phenoxy) is 1. The third-order valence-corrected chi connectivity index (χ3v) is 2.86. The summed E-state index contributed by atoms with van der Waals surface area (Å²) < 4.78 is 5.27. The Morgan fingerprint density at radius 1 is 1.47 bits per heavy atom. The van der Waals surface area contributed by atoms with Crippen molar-refractivity contribution in [3.05, 3.63) is 29.3 Å². The first kappa shape index (κ1) is 15.5. The van der Waals surface area contributed by atoms with E-state index in [1.165, 1.54) is 5.56 Å². The van der Waals surface area contributed by atoms with Gasteiger partial charge in [0.2, 0.25) is 0 Å². The molecule has 19 heavy (non-hydrogen) atoms. The third kappa shape index (κ3) is 5.28. The summed E-state index contributed by atoms with van der Waals surface area (Å²) in [6, 6.07) is 5.99. The van der Waals surface area contributed by atoms with Gasteiger partial charge in [-0.2, -0.15) is 0 Å².